The minimum Gasteiger partial charge on any atom is -0.324 e. The standard InChI is InChI=1S/C20H20N6O2/c27-19-10-5-11-25(19)17-9-4-8-16(13-17)22-20(28)18(26-14-21-23-24-26)12-15-6-2-1-3-7-15/h1-4,6-9,13-14,18H,5,10-12H2,(H,22,28). The maximum atomic E-state index is 13.0. The average molecular weight is 376 g/mol. The van der Waals surface area contributed by atoms with Gasteiger partial charge in [0.15, 0.2) is 0 Å². The van der Waals surface area contributed by atoms with Gasteiger partial charge in [-0.25, -0.2) is 4.68 Å². The third-order valence-electron chi connectivity index (χ3n) is 4.76. The Morgan fingerprint density at radius 1 is 1.14 bits per heavy atom. The SMILES string of the molecule is O=C(Nc1cccc(N2CCCC2=O)c1)C(Cc1ccccc1)n1cnnn1. The van der Waals surface area contributed by atoms with E-state index in [1.807, 2.05) is 48.5 Å². The van der Waals surface area contributed by atoms with Crippen molar-refractivity contribution in [1.29, 1.82) is 0 Å². The zero-order valence-electron chi connectivity index (χ0n) is 15.2. The lowest BCUT2D eigenvalue weighted by atomic mass is 10.1. The highest BCUT2D eigenvalue weighted by atomic mass is 16.2. The van der Waals surface area contributed by atoms with E-state index in [1.54, 1.807) is 11.0 Å². The largest absolute Gasteiger partial charge is 0.324 e. The average Bonchev–Trinajstić information content (AvgIpc) is 3.39. The number of carbonyl (C=O) groups is 2. The van der Waals surface area contributed by atoms with Crippen molar-refractivity contribution in [3.05, 3.63) is 66.5 Å². The highest BCUT2D eigenvalue weighted by Crippen LogP contribution is 2.25. The van der Waals surface area contributed by atoms with Crippen LogP contribution >= 0.6 is 0 Å². The van der Waals surface area contributed by atoms with E-state index in [9.17, 15) is 9.59 Å². The number of aromatic nitrogens is 4. The summed E-state index contributed by atoms with van der Waals surface area (Å²) in [6, 6.07) is 16.5. The van der Waals surface area contributed by atoms with E-state index in [2.05, 4.69) is 20.8 Å². The lowest BCUT2D eigenvalue weighted by Crippen LogP contribution is -2.28. The first-order valence-corrected chi connectivity index (χ1v) is 9.18. The van der Waals surface area contributed by atoms with Crippen LogP contribution in [0, 0.1) is 0 Å². The number of nitrogens with one attached hydrogen (secondary N) is 1. The van der Waals surface area contributed by atoms with Crippen LogP contribution in [0.1, 0.15) is 24.4 Å². The van der Waals surface area contributed by atoms with E-state index in [0.717, 1.165) is 17.7 Å². The second kappa shape index (κ2) is 7.99. The van der Waals surface area contributed by atoms with Crippen molar-refractivity contribution >= 4 is 23.2 Å². The Kier molecular flexibility index (Phi) is 5.09. The zero-order valence-corrected chi connectivity index (χ0v) is 15.2. The number of tetrazole rings is 1. The van der Waals surface area contributed by atoms with Crippen LogP contribution in [0.5, 0.6) is 0 Å². The van der Waals surface area contributed by atoms with Crippen molar-refractivity contribution in [2.45, 2.75) is 25.3 Å². The molecule has 4 rings (SSSR count). The molecule has 1 saturated heterocycles. The first-order valence-electron chi connectivity index (χ1n) is 9.18. The van der Waals surface area contributed by atoms with Crippen LogP contribution in [-0.2, 0) is 16.0 Å². The molecule has 0 spiro atoms. The number of nitrogens with zero attached hydrogens (tertiary/aromatic N) is 5. The van der Waals surface area contributed by atoms with Crippen LogP contribution in [0.15, 0.2) is 60.9 Å². The Labute approximate surface area is 162 Å². The fourth-order valence-corrected chi connectivity index (χ4v) is 3.35. The molecule has 1 aromatic heterocycles. The lowest BCUT2D eigenvalue weighted by molar-refractivity contribution is -0.119. The summed E-state index contributed by atoms with van der Waals surface area (Å²) in [5.41, 5.74) is 2.44. The predicted molar refractivity (Wildman–Crippen MR) is 104 cm³/mol. The molecule has 1 fully saturated rings. The van der Waals surface area contributed by atoms with E-state index in [1.165, 1.54) is 11.0 Å². The van der Waals surface area contributed by atoms with E-state index in [0.29, 0.717) is 25.1 Å². The molecule has 28 heavy (non-hydrogen) atoms. The van der Waals surface area contributed by atoms with Gasteiger partial charge in [-0.15, -0.1) is 5.10 Å². The van der Waals surface area contributed by atoms with Gasteiger partial charge in [-0.1, -0.05) is 36.4 Å². The van der Waals surface area contributed by atoms with E-state index in [4.69, 9.17) is 0 Å². The Balaban J connectivity index is 1.54. The van der Waals surface area contributed by atoms with Gasteiger partial charge >= 0.3 is 0 Å². The summed E-state index contributed by atoms with van der Waals surface area (Å²) in [6.07, 6.45) is 3.32. The van der Waals surface area contributed by atoms with Crippen molar-refractivity contribution in [3.63, 3.8) is 0 Å². The smallest absolute Gasteiger partial charge is 0.249 e. The van der Waals surface area contributed by atoms with E-state index in [-0.39, 0.29) is 11.8 Å². The molecule has 3 aromatic rings. The predicted octanol–water partition coefficient (Wildman–Crippen LogP) is 2.22. The summed E-state index contributed by atoms with van der Waals surface area (Å²) in [6.45, 7) is 0.706. The Morgan fingerprint density at radius 3 is 2.71 bits per heavy atom. The third-order valence-corrected chi connectivity index (χ3v) is 4.76. The van der Waals surface area contributed by atoms with Crippen molar-refractivity contribution < 1.29 is 9.59 Å². The molecule has 0 saturated carbocycles. The summed E-state index contributed by atoms with van der Waals surface area (Å²) in [4.78, 5) is 26.7. The summed E-state index contributed by atoms with van der Waals surface area (Å²) in [5.74, 6) is -0.111. The molecule has 0 aliphatic carbocycles. The number of carbonyl (C=O) groups excluding carboxylic acids is 2. The minimum absolute atomic E-state index is 0.110. The van der Waals surface area contributed by atoms with Crippen molar-refractivity contribution in [2.75, 3.05) is 16.8 Å². The molecule has 0 radical (unpaired) electrons. The number of rotatable bonds is 6. The van der Waals surface area contributed by atoms with Crippen LogP contribution in [0.4, 0.5) is 11.4 Å². The highest BCUT2D eigenvalue weighted by Gasteiger charge is 2.24. The summed E-state index contributed by atoms with van der Waals surface area (Å²) in [5, 5.41) is 14.2. The first kappa shape index (κ1) is 17.8. The molecule has 2 aromatic carbocycles. The van der Waals surface area contributed by atoms with Gasteiger partial charge in [-0.05, 0) is 40.6 Å². The third kappa shape index (κ3) is 3.90. The number of hydrogen-bond acceptors (Lipinski definition) is 5. The topological polar surface area (TPSA) is 93.0 Å². The molecular weight excluding hydrogens is 356 g/mol. The molecule has 1 atom stereocenters. The number of anilines is 2. The molecule has 142 valence electrons. The monoisotopic (exact) mass is 376 g/mol. The fourth-order valence-electron chi connectivity index (χ4n) is 3.35. The molecule has 8 heteroatoms. The zero-order chi connectivity index (χ0) is 19.3. The molecule has 0 bridgehead atoms. The Morgan fingerprint density at radius 2 is 2.00 bits per heavy atom. The maximum Gasteiger partial charge on any atom is 0.249 e. The fraction of sp³-hybridized carbons (Fsp3) is 0.250. The normalized spacial score (nSPS) is 14.9. The minimum atomic E-state index is -0.588. The Bertz CT molecular complexity index is 958. The van der Waals surface area contributed by atoms with Gasteiger partial charge in [0.05, 0.1) is 0 Å². The van der Waals surface area contributed by atoms with E-state index < -0.39 is 6.04 Å². The van der Waals surface area contributed by atoms with Gasteiger partial charge in [-0.2, -0.15) is 0 Å². The quantitative estimate of drug-likeness (QED) is 0.712. The van der Waals surface area contributed by atoms with Crippen LogP contribution in [0.2, 0.25) is 0 Å². The second-order valence-corrected chi connectivity index (χ2v) is 6.68. The molecule has 2 amide bonds. The first-order chi connectivity index (χ1) is 13.7. The van der Waals surface area contributed by atoms with Crippen LogP contribution < -0.4 is 10.2 Å². The van der Waals surface area contributed by atoms with Gasteiger partial charge in [-0.3, -0.25) is 9.59 Å². The molecule has 1 aliphatic rings. The van der Waals surface area contributed by atoms with E-state index >= 15 is 0 Å². The number of hydrogen-bond donors (Lipinski definition) is 1. The van der Waals surface area contributed by atoms with Crippen molar-refractivity contribution in [3.8, 4) is 0 Å². The van der Waals surface area contributed by atoms with Crippen LogP contribution in [0.25, 0.3) is 0 Å². The van der Waals surface area contributed by atoms with Crippen LogP contribution in [-0.4, -0.2) is 38.6 Å². The summed E-state index contributed by atoms with van der Waals surface area (Å²) in [7, 11) is 0. The summed E-state index contributed by atoms with van der Waals surface area (Å²) >= 11 is 0. The molecule has 1 aliphatic heterocycles. The van der Waals surface area contributed by atoms with Gasteiger partial charge < -0.3 is 10.2 Å². The molecule has 1 unspecified atom stereocenters. The maximum absolute atomic E-state index is 13.0. The lowest BCUT2D eigenvalue weighted by Gasteiger charge is -2.19. The van der Waals surface area contributed by atoms with Gasteiger partial charge in [0.1, 0.15) is 12.4 Å². The number of amides is 2. The molecule has 8 nitrogen and oxygen atoms in total. The van der Waals surface area contributed by atoms with Crippen LogP contribution in [0.3, 0.4) is 0 Å². The molecular formula is C20H20N6O2. The van der Waals surface area contributed by atoms with Gasteiger partial charge in [0.2, 0.25) is 11.8 Å². The van der Waals surface area contributed by atoms with Crippen molar-refractivity contribution in [1.82, 2.24) is 20.2 Å². The van der Waals surface area contributed by atoms with Crippen molar-refractivity contribution in [2.24, 2.45) is 0 Å². The highest BCUT2D eigenvalue weighted by molar-refractivity contribution is 5.97. The molecule has 1 N–H and O–H groups in total. The Hall–Kier alpha value is -3.55. The molecule has 2 heterocycles. The second-order valence-electron chi connectivity index (χ2n) is 6.68. The number of benzene rings is 2. The van der Waals surface area contributed by atoms with Gasteiger partial charge in [0, 0.05) is 30.8 Å². The van der Waals surface area contributed by atoms with Gasteiger partial charge in [0.25, 0.3) is 0 Å². The summed E-state index contributed by atoms with van der Waals surface area (Å²) < 4.78 is 1.45.